The van der Waals surface area contributed by atoms with Gasteiger partial charge in [-0.1, -0.05) is 0 Å². The van der Waals surface area contributed by atoms with E-state index in [2.05, 4.69) is 5.32 Å². The van der Waals surface area contributed by atoms with E-state index in [0.717, 1.165) is 29.5 Å². The third-order valence-electron chi connectivity index (χ3n) is 2.90. The molecule has 0 spiro atoms. The fraction of sp³-hybridized carbons (Fsp3) is 0.0769. The molecule has 24 heavy (non-hydrogen) atoms. The number of amides is 1. The highest BCUT2D eigenvalue weighted by molar-refractivity contribution is 7.16. The third kappa shape index (κ3) is 3.52. The van der Waals surface area contributed by atoms with Gasteiger partial charge in [0.2, 0.25) is 0 Å². The first-order valence-electron chi connectivity index (χ1n) is 6.28. The summed E-state index contributed by atoms with van der Waals surface area (Å²) in [6.45, 7) is 1.64. The lowest BCUT2D eigenvalue weighted by atomic mass is 10.1. The van der Waals surface area contributed by atoms with Gasteiger partial charge >= 0.3 is 5.97 Å². The number of aryl methyl sites for hydroxylation is 1. The summed E-state index contributed by atoms with van der Waals surface area (Å²) in [7, 11) is 0. The maximum atomic E-state index is 12.2. The van der Waals surface area contributed by atoms with Gasteiger partial charge in [0.1, 0.15) is 5.00 Å². The molecule has 0 aliphatic heterocycles. The minimum absolute atomic E-state index is 0.0409. The van der Waals surface area contributed by atoms with Crippen molar-refractivity contribution < 1.29 is 24.5 Å². The second-order valence-corrected chi connectivity index (χ2v) is 5.87. The van der Waals surface area contributed by atoms with Crippen LogP contribution in [-0.2, 0) is 0 Å². The molecular weight excluding hydrogens is 342 g/mol. The number of nitrogens with zero attached hydrogens (tertiary/aromatic N) is 2. The minimum Gasteiger partial charge on any atom is -0.478 e. The Bertz CT molecular complexity index is 842. The molecule has 0 bridgehead atoms. The van der Waals surface area contributed by atoms with Gasteiger partial charge in [0.15, 0.2) is 0 Å². The lowest BCUT2D eigenvalue weighted by Gasteiger charge is -2.04. The summed E-state index contributed by atoms with van der Waals surface area (Å²) in [4.78, 5) is 43.9. The van der Waals surface area contributed by atoms with Crippen LogP contribution >= 0.6 is 11.3 Å². The number of carbonyl (C=O) groups is 2. The van der Waals surface area contributed by atoms with Gasteiger partial charge in [-0.2, -0.15) is 0 Å². The molecule has 1 amide bonds. The van der Waals surface area contributed by atoms with Gasteiger partial charge in [-0.05, 0) is 13.0 Å². The van der Waals surface area contributed by atoms with E-state index in [1.165, 1.54) is 6.07 Å². The second-order valence-electron chi connectivity index (χ2n) is 4.61. The maximum Gasteiger partial charge on any atom is 0.338 e. The van der Waals surface area contributed by atoms with Crippen LogP contribution in [-0.4, -0.2) is 26.8 Å². The van der Waals surface area contributed by atoms with Crippen molar-refractivity contribution >= 4 is 39.6 Å². The van der Waals surface area contributed by atoms with Crippen LogP contribution in [0, 0.1) is 27.2 Å². The Hall–Kier alpha value is -3.34. The molecule has 1 heterocycles. The standard InChI is InChI=1S/C13H9N3O7S/c1-6-2-10(13(18)19)12(24-6)14-11(17)7-3-8(15(20)21)5-9(4-7)16(22)23/h2-5H,1H3,(H,14,17)(H,18,19). The van der Waals surface area contributed by atoms with Gasteiger partial charge in [-0.15, -0.1) is 11.3 Å². The van der Waals surface area contributed by atoms with Crippen LogP contribution in [0.25, 0.3) is 0 Å². The first-order chi connectivity index (χ1) is 11.2. The van der Waals surface area contributed by atoms with Crippen LogP contribution in [0.5, 0.6) is 0 Å². The van der Waals surface area contributed by atoms with E-state index in [-0.39, 0.29) is 16.1 Å². The van der Waals surface area contributed by atoms with Gasteiger partial charge < -0.3 is 10.4 Å². The lowest BCUT2D eigenvalue weighted by Crippen LogP contribution is -2.13. The van der Waals surface area contributed by atoms with Gasteiger partial charge in [-0.25, -0.2) is 4.79 Å². The van der Waals surface area contributed by atoms with Crippen molar-refractivity contribution in [1.29, 1.82) is 0 Å². The van der Waals surface area contributed by atoms with Gasteiger partial charge in [0.05, 0.1) is 27.0 Å². The molecule has 0 fully saturated rings. The zero-order chi connectivity index (χ0) is 18.0. The number of thiophene rings is 1. The molecule has 11 heteroatoms. The number of aromatic carboxylic acids is 1. The van der Waals surface area contributed by atoms with Gasteiger partial charge in [0.25, 0.3) is 17.3 Å². The van der Waals surface area contributed by atoms with Crippen LogP contribution < -0.4 is 5.32 Å². The summed E-state index contributed by atoms with van der Waals surface area (Å²) in [5.41, 5.74) is -1.69. The molecule has 0 unspecified atom stereocenters. The fourth-order valence-corrected chi connectivity index (χ4v) is 2.78. The number of non-ortho nitro benzene ring substituents is 2. The van der Waals surface area contributed by atoms with Crippen molar-refractivity contribution in [1.82, 2.24) is 0 Å². The Kier molecular flexibility index (Phi) is 4.55. The summed E-state index contributed by atoms with van der Waals surface area (Å²) < 4.78 is 0. The molecule has 1 aromatic carbocycles. The quantitative estimate of drug-likeness (QED) is 0.620. The number of anilines is 1. The fourth-order valence-electron chi connectivity index (χ4n) is 1.88. The molecule has 0 aliphatic rings. The molecule has 0 aliphatic carbocycles. The second kappa shape index (κ2) is 6.42. The smallest absolute Gasteiger partial charge is 0.338 e. The summed E-state index contributed by atoms with van der Waals surface area (Å²) >= 11 is 1.01. The third-order valence-corrected chi connectivity index (χ3v) is 3.87. The van der Waals surface area contributed by atoms with Gasteiger partial charge in [-0.3, -0.25) is 25.0 Å². The summed E-state index contributed by atoms with van der Waals surface area (Å²) in [5, 5.41) is 33.1. The molecule has 0 radical (unpaired) electrons. The maximum absolute atomic E-state index is 12.2. The summed E-state index contributed by atoms with van der Waals surface area (Å²) in [6.07, 6.45) is 0. The SMILES string of the molecule is Cc1cc(C(=O)O)c(NC(=O)c2cc([N+](=O)[O-])cc([N+](=O)[O-])c2)s1. The Morgan fingerprint density at radius 2 is 1.62 bits per heavy atom. The van der Waals surface area contributed by atoms with Crippen molar-refractivity contribution in [2.75, 3.05) is 5.32 Å². The highest BCUT2D eigenvalue weighted by Crippen LogP contribution is 2.29. The Morgan fingerprint density at radius 3 is 2.08 bits per heavy atom. The number of hydrogen-bond acceptors (Lipinski definition) is 7. The lowest BCUT2D eigenvalue weighted by molar-refractivity contribution is -0.394. The predicted molar refractivity (Wildman–Crippen MR) is 83.7 cm³/mol. The van der Waals surface area contributed by atoms with Crippen molar-refractivity contribution in [2.45, 2.75) is 6.92 Å². The van der Waals surface area contributed by atoms with Crippen LogP contribution in [0.1, 0.15) is 25.6 Å². The van der Waals surface area contributed by atoms with E-state index in [0.29, 0.717) is 4.88 Å². The van der Waals surface area contributed by atoms with Crippen molar-refractivity contribution in [2.24, 2.45) is 0 Å². The molecule has 0 saturated heterocycles. The first kappa shape index (κ1) is 17.0. The number of nitrogens with one attached hydrogen (secondary N) is 1. The largest absolute Gasteiger partial charge is 0.478 e. The molecule has 0 saturated carbocycles. The van der Waals surface area contributed by atoms with E-state index >= 15 is 0 Å². The Labute approximate surface area is 137 Å². The van der Waals surface area contributed by atoms with E-state index in [9.17, 15) is 29.8 Å². The van der Waals surface area contributed by atoms with Crippen molar-refractivity contribution in [3.05, 3.63) is 60.5 Å². The number of carboxylic acid groups (broad SMARTS) is 1. The number of nitro groups is 2. The molecule has 2 N–H and O–H groups in total. The predicted octanol–water partition coefficient (Wildman–Crippen LogP) is 2.82. The zero-order valence-electron chi connectivity index (χ0n) is 12.0. The molecule has 10 nitrogen and oxygen atoms in total. The highest BCUT2D eigenvalue weighted by Gasteiger charge is 2.22. The van der Waals surface area contributed by atoms with Crippen LogP contribution in [0.3, 0.4) is 0 Å². The van der Waals surface area contributed by atoms with Crippen molar-refractivity contribution in [3.8, 4) is 0 Å². The number of benzene rings is 1. The number of rotatable bonds is 5. The topological polar surface area (TPSA) is 153 Å². The van der Waals surface area contributed by atoms with Crippen molar-refractivity contribution in [3.63, 3.8) is 0 Å². The van der Waals surface area contributed by atoms with Crippen LogP contribution in [0.15, 0.2) is 24.3 Å². The van der Waals surface area contributed by atoms with E-state index in [1.54, 1.807) is 6.92 Å². The average molecular weight is 351 g/mol. The van der Waals surface area contributed by atoms with Gasteiger partial charge in [0, 0.05) is 17.0 Å². The molecular formula is C13H9N3O7S. The van der Waals surface area contributed by atoms with Crippen LogP contribution in [0.4, 0.5) is 16.4 Å². The number of carbonyl (C=O) groups excluding carboxylic acids is 1. The summed E-state index contributed by atoms with van der Waals surface area (Å²) in [5.74, 6) is -2.13. The Morgan fingerprint density at radius 1 is 1.08 bits per heavy atom. The normalized spacial score (nSPS) is 10.2. The van der Waals surface area contributed by atoms with Crippen LogP contribution in [0.2, 0.25) is 0 Å². The van der Waals surface area contributed by atoms with E-state index in [4.69, 9.17) is 5.11 Å². The Balaban J connectivity index is 2.41. The monoisotopic (exact) mass is 351 g/mol. The average Bonchev–Trinajstić information content (AvgIpc) is 2.87. The minimum atomic E-state index is -1.25. The molecule has 0 atom stereocenters. The van der Waals surface area contributed by atoms with E-state index < -0.39 is 33.1 Å². The molecule has 1 aromatic heterocycles. The van der Waals surface area contributed by atoms with E-state index in [1.807, 2.05) is 0 Å². The number of hydrogen-bond donors (Lipinski definition) is 2. The summed E-state index contributed by atoms with van der Waals surface area (Å²) in [6, 6.07) is 3.85. The molecule has 124 valence electrons. The molecule has 2 aromatic rings. The zero-order valence-corrected chi connectivity index (χ0v) is 12.8. The first-order valence-corrected chi connectivity index (χ1v) is 7.09. The number of carboxylic acids is 1. The highest BCUT2D eigenvalue weighted by atomic mass is 32.1. The molecule has 2 rings (SSSR count). The number of nitro benzene ring substituents is 2.